The Morgan fingerprint density at radius 3 is 2.40 bits per heavy atom. The van der Waals surface area contributed by atoms with Gasteiger partial charge < -0.3 is 14.0 Å². The first-order valence-corrected chi connectivity index (χ1v) is 14.0. The van der Waals surface area contributed by atoms with Gasteiger partial charge in [-0.1, -0.05) is 17.2 Å². The van der Waals surface area contributed by atoms with Crippen molar-refractivity contribution >= 4 is 32.2 Å². The maximum Gasteiger partial charge on any atom is 0.416 e. The molecule has 2 aromatic heterocycles. The molecule has 0 bridgehead atoms. The van der Waals surface area contributed by atoms with Gasteiger partial charge in [0.25, 0.3) is 16.7 Å². The average molecular weight is 595 g/mol. The molecule has 2 aromatic carbocycles. The number of halogens is 3. The number of benzene rings is 2. The highest BCUT2D eigenvalue weighted by Crippen LogP contribution is 2.38. The number of sulfone groups is 1. The molecule has 40 heavy (non-hydrogen) atoms. The van der Waals surface area contributed by atoms with E-state index in [2.05, 4.69) is 15.5 Å². The zero-order valence-electron chi connectivity index (χ0n) is 21.1. The molecule has 2 heterocycles. The number of hydrogen-bond acceptors (Lipinski definition) is 9. The number of nitrogens with zero attached hydrogens (tertiary/aromatic N) is 3. The van der Waals surface area contributed by atoms with E-state index >= 15 is 0 Å². The highest BCUT2D eigenvalue weighted by molar-refractivity contribution is 7.90. The SMILES string of the molecule is COc1ccc(C(F)(F)F)cc1-c1cn(C)c(=O)cc1C(=O)Nc1nnc(OCc2ccc(S(C)(=O)=O)cc2)s1. The van der Waals surface area contributed by atoms with Gasteiger partial charge in [-0.25, -0.2) is 8.42 Å². The number of aromatic nitrogens is 3. The Morgan fingerprint density at radius 1 is 1.07 bits per heavy atom. The summed E-state index contributed by atoms with van der Waals surface area (Å²) in [5, 5.41) is 10.3. The average Bonchev–Trinajstić information content (AvgIpc) is 3.34. The normalized spacial score (nSPS) is 11.8. The van der Waals surface area contributed by atoms with Gasteiger partial charge in [0.1, 0.15) is 12.4 Å². The number of ether oxygens (including phenoxy) is 2. The Balaban J connectivity index is 1.57. The van der Waals surface area contributed by atoms with Crippen molar-refractivity contribution in [2.24, 2.45) is 7.05 Å². The number of aryl methyl sites for hydroxylation is 1. The molecule has 0 fully saturated rings. The van der Waals surface area contributed by atoms with Gasteiger partial charge in [-0.3, -0.25) is 14.9 Å². The molecule has 4 rings (SSSR count). The van der Waals surface area contributed by atoms with Crippen LogP contribution in [0.15, 0.2) is 64.4 Å². The highest BCUT2D eigenvalue weighted by atomic mass is 32.2. The number of carbonyl (C=O) groups is 1. The van der Waals surface area contributed by atoms with Crippen LogP contribution in [0.4, 0.5) is 18.3 Å². The molecule has 0 aliphatic heterocycles. The monoisotopic (exact) mass is 594 g/mol. The molecule has 0 saturated carbocycles. The number of pyridine rings is 1. The summed E-state index contributed by atoms with van der Waals surface area (Å²) in [7, 11) is -0.662. The third-order valence-electron chi connectivity index (χ3n) is 5.63. The molecular weight excluding hydrogens is 573 g/mol. The minimum atomic E-state index is -4.65. The quantitative estimate of drug-likeness (QED) is 0.322. The van der Waals surface area contributed by atoms with Crippen molar-refractivity contribution < 1.29 is 35.9 Å². The number of methoxy groups -OCH3 is 1. The number of alkyl halides is 3. The van der Waals surface area contributed by atoms with Crippen LogP contribution in [0.1, 0.15) is 21.5 Å². The van der Waals surface area contributed by atoms with E-state index in [4.69, 9.17) is 9.47 Å². The van der Waals surface area contributed by atoms with Crippen LogP contribution in [-0.2, 0) is 29.7 Å². The van der Waals surface area contributed by atoms with Crippen LogP contribution in [0.25, 0.3) is 11.1 Å². The van der Waals surface area contributed by atoms with E-state index in [0.717, 1.165) is 46.4 Å². The Bertz CT molecular complexity index is 1730. The van der Waals surface area contributed by atoms with Crippen LogP contribution in [0.5, 0.6) is 10.9 Å². The van der Waals surface area contributed by atoms with Crippen molar-refractivity contribution in [2.45, 2.75) is 17.7 Å². The number of rotatable bonds is 8. The van der Waals surface area contributed by atoms with Gasteiger partial charge in [-0.05, 0) is 47.2 Å². The molecule has 0 saturated heterocycles. The summed E-state index contributed by atoms with van der Waals surface area (Å²) in [6.45, 7) is 0.0425. The summed E-state index contributed by atoms with van der Waals surface area (Å²) in [4.78, 5) is 25.7. The van der Waals surface area contributed by atoms with Crippen molar-refractivity contribution in [1.82, 2.24) is 14.8 Å². The third-order valence-corrected chi connectivity index (χ3v) is 7.51. The second-order valence-corrected chi connectivity index (χ2v) is 11.5. The smallest absolute Gasteiger partial charge is 0.416 e. The highest BCUT2D eigenvalue weighted by Gasteiger charge is 2.32. The van der Waals surface area contributed by atoms with Crippen molar-refractivity contribution in [3.8, 4) is 22.1 Å². The van der Waals surface area contributed by atoms with E-state index in [-0.39, 0.29) is 44.3 Å². The summed E-state index contributed by atoms with van der Waals surface area (Å²) in [6.07, 6.45) is -2.30. The lowest BCUT2D eigenvalue weighted by Crippen LogP contribution is -2.22. The summed E-state index contributed by atoms with van der Waals surface area (Å²) in [6, 6.07) is 9.89. The Morgan fingerprint density at radius 2 is 1.77 bits per heavy atom. The lowest BCUT2D eigenvalue weighted by atomic mass is 9.98. The van der Waals surface area contributed by atoms with Crippen LogP contribution >= 0.6 is 11.3 Å². The summed E-state index contributed by atoms with van der Waals surface area (Å²) >= 11 is 0.876. The first kappa shape index (κ1) is 28.8. The number of carbonyl (C=O) groups excluding carboxylic acids is 1. The molecular formula is C25H21F3N4O6S2. The Labute approximate surface area is 229 Å². The van der Waals surface area contributed by atoms with E-state index in [1.165, 1.54) is 32.5 Å². The van der Waals surface area contributed by atoms with Gasteiger partial charge in [0.2, 0.25) is 5.13 Å². The van der Waals surface area contributed by atoms with Crippen LogP contribution in [-0.4, -0.2) is 42.5 Å². The maximum absolute atomic E-state index is 13.4. The molecule has 1 N–H and O–H groups in total. The second kappa shape index (κ2) is 11.1. The zero-order chi connectivity index (χ0) is 29.2. The summed E-state index contributed by atoms with van der Waals surface area (Å²) in [5.74, 6) is -0.747. The molecule has 1 amide bonds. The first-order chi connectivity index (χ1) is 18.8. The topological polar surface area (TPSA) is 129 Å². The van der Waals surface area contributed by atoms with E-state index < -0.39 is 33.0 Å². The molecule has 0 radical (unpaired) electrons. The Kier molecular flexibility index (Phi) is 7.98. The number of hydrogen-bond donors (Lipinski definition) is 1. The molecule has 10 nitrogen and oxygen atoms in total. The molecule has 0 unspecified atom stereocenters. The minimum absolute atomic E-state index is 0.00931. The van der Waals surface area contributed by atoms with Gasteiger partial charge in [0.15, 0.2) is 9.84 Å². The van der Waals surface area contributed by atoms with Crippen molar-refractivity contribution in [3.63, 3.8) is 0 Å². The molecule has 0 aliphatic carbocycles. The van der Waals surface area contributed by atoms with Crippen LogP contribution in [0.3, 0.4) is 0 Å². The van der Waals surface area contributed by atoms with Gasteiger partial charge in [0, 0.05) is 36.7 Å². The van der Waals surface area contributed by atoms with Crippen molar-refractivity contribution in [3.05, 3.63) is 81.8 Å². The number of nitrogens with one attached hydrogen (secondary N) is 1. The Hall–Kier alpha value is -4.24. The lowest BCUT2D eigenvalue weighted by Gasteiger charge is -2.16. The van der Waals surface area contributed by atoms with Crippen molar-refractivity contribution in [2.75, 3.05) is 18.7 Å². The van der Waals surface area contributed by atoms with Gasteiger partial charge in [-0.2, -0.15) is 13.2 Å². The van der Waals surface area contributed by atoms with E-state index in [1.54, 1.807) is 12.1 Å². The van der Waals surface area contributed by atoms with Crippen LogP contribution in [0, 0.1) is 0 Å². The van der Waals surface area contributed by atoms with Crippen LogP contribution < -0.4 is 20.3 Å². The fourth-order valence-electron chi connectivity index (χ4n) is 3.59. The summed E-state index contributed by atoms with van der Waals surface area (Å²) < 4.78 is 75.4. The zero-order valence-corrected chi connectivity index (χ0v) is 22.8. The van der Waals surface area contributed by atoms with Gasteiger partial charge in [0.05, 0.1) is 23.1 Å². The molecule has 210 valence electrons. The minimum Gasteiger partial charge on any atom is -0.496 e. The largest absolute Gasteiger partial charge is 0.496 e. The van der Waals surface area contributed by atoms with Crippen molar-refractivity contribution in [1.29, 1.82) is 0 Å². The molecule has 4 aromatic rings. The number of amides is 1. The van der Waals surface area contributed by atoms with Gasteiger partial charge >= 0.3 is 6.18 Å². The number of anilines is 1. The second-order valence-electron chi connectivity index (χ2n) is 8.49. The van der Waals surface area contributed by atoms with E-state index in [0.29, 0.717) is 5.56 Å². The van der Waals surface area contributed by atoms with Crippen LogP contribution in [0.2, 0.25) is 0 Å². The summed E-state index contributed by atoms with van der Waals surface area (Å²) in [5.41, 5.74) is -1.08. The fourth-order valence-corrected chi connectivity index (χ4v) is 4.81. The fraction of sp³-hybridized carbons (Fsp3) is 0.200. The molecule has 0 atom stereocenters. The van der Waals surface area contributed by atoms with E-state index in [9.17, 15) is 31.2 Å². The molecule has 0 spiro atoms. The third kappa shape index (κ3) is 6.48. The molecule has 15 heteroatoms. The predicted molar refractivity (Wildman–Crippen MR) is 140 cm³/mol. The standard InChI is InChI=1S/C25H21F3N4O6S2/c1-32-12-19(17-10-15(25(26,27)28)6-9-20(17)37-2)18(11-21(32)33)22(34)29-23-30-31-24(39-23)38-13-14-4-7-16(8-5-14)40(3,35)36/h4-12H,13H2,1-3H3,(H,29,30,34). The lowest BCUT2D eigenvalue weighted by molar-refractivity contribution is -0.137. The predicted octanol–water partition coefficient (Wildman–Crippen LogP) is 4.17. The first-order valence-electron chi connectivity index (χ1n) is 11.3. The molecule has 0 aliphatic rings. The van der Waals surface area contributed by atoms with E-state index in [1.807, 2.05) is 0 Å². The maximum atomic E-state index is 13.4. The van der Waals surface area contributed by atoms with Gasteiger partial charge in [-0.15, -0.1) is 5.10 Å².